The van der Waals surface area contributed by atoms with Crippen molar-refractivity contribution in [3.8, 4) is 0 Å². The summed E-state index contributed by atoms with van der Waals surface area (Å²) in [6.45, 7) is 2.41. The molecule has 0 aliphatic heterocycles. The van der Waals surface area contributed by atoms with Crippen molar-refractivity contribution in [1.29, 1.82) is 0 Å². The van der Waals surface area contributed by atoms with Crippen LogP contribution in [0.25, 0.3) is 10.2 Å². The zero-order valence-corrected chi connectivity index (χ0v) is 18.8. The van der Waals surface area contributed by atoms with Gasteiger partial charge in [-0.15, -0.1) is 11.3 Å². The van der Waals surface area contributed by atoms with Crippen LogP contribution in [0.2, 0.25) is 10.0 Å². The fourth-order valence-corrected chi connectivity index (χ4v) is 6.01. The number of hydrogen-bond acceptors (Lipinski definition) is 6. The highest BCUT2D eigenvalue weighted by Crippen LogP contribution is 2.34. The molecule has 0 saturated carbocycles. The maximum Gasteiger partial charge on any atom is 0.263 e. The molecule has 10 heteroatoms. The topological polar surface area (TPSA) is 76.9 Å². The Balaban J connectivity index is 1.57. The normalized spacial score (nSPS) is 13.5. The Morgan fingerprint density at radius 3 is 2.90 bits per heavy atom. The number of hydrogen-bond donors (Lipinski definition) is 1. The van der Waals surface area contributed by atoms with Gasteiger partial charge in [-0.3, -0.25) is 14.2 Å². The summed E-state index contributed by atoms with van der Waals surface area (Å²) in [4.78, 5) is 36.3. The molecular weight excluding hydrogens is 451 g/mol. The molecule has 152 valence electrons. The van der Waals surface area contributed by atoms with Crippen LogP contribution in [0.5, 0.6) is 0 Å². The Morgan fingerprint density at radius 2 is 2.14 bits per heavy atom. The van der Waals surface area contributed by atoms with Gasteiger partial charge in [-0.25, -0.2) is 9.97 Å². The molecule has 1 aliphatic carbocycles. The number of pyridine rings is 1. The van der Waals surface area contributed by atoms with Crippen molar-refractivity contribution in [3.05, 3.63) is 43.1 Å². The minimum absolute atomic E-state index is 0.0118. The number of fused-ring (bicyclic) bond motifs is 3. The van der Waals surface area contributed by atoms with Crippen LogP contribution in [0, 0.1) is 0 Å². The Hall–Kier alpha value is -1.61. The number of amides is 1. The summed E-state index contributed by atoms with van der Waals surface area (Å²) >= 11 is 14.7. The number of anilines is 1. The smallest absolute Gasteiger partial charge is 0.263 e. The molecule has 3 heterocycles. The van der Waals surface area contributed by atoms with E-state index >= 15 is 0 Å². The summed E-state index contributed by atoms with van der Waals surface area (Å²) in [6, 6.07) is 1.52. The molecule has 1 N–H and O–H groups in total. The molecule has 0 aromatic carbocycles. The molecule has 3 aromatic heterocycles. The van der Waals surface area contributed by atoms with E-state index in [1.54, 1.807) is 15.9 Å². The van der Waals surface area contributed by atoms with Gasteiger partial charge >= 0.3 is 0 Å². The van der Waals surface area contributed by atoms with E-state index < -0.39 is 0 Å². The fourth-order valence-electron chi connectivity index (χ4n) is 3.41. The quantitative estimate of drug-likeness (QED) is 0.430. The zero-order valence-electron chi connectivity index (χ0n) is 15.6. The van der Waals surface area contributed by atoms with E-state index in [9.17, 15) is 9.59 Å². The number of rotatable bonds is 5. The van der Waals surface area contributed by atoms with Crippen molar-refractivity contribution in [3.63, 3.8) is 0 Å². The van der Waals surface area contributed by atoms with Gasteiger partial charge in [-0.2, -0.15) is 0 Å². The molecule has 0 radical (unpaired) electrons. The summed E-state index contributed by atoms with van der Waals surface area (Å²) < 4.78 is 1.65. The van der Waals surface area contributed by atoms with Crippen molar-refractivity contribution < 1.29 is 4.79 Å². The molecule has 0 unspecified atom stereocenters. The second-order valence-electron chi connectivity index (χ2n) is 6.66. The van der Waals surface area contributed by atoms with E-state index in [2.05, 4.69) is 10.3 Å². The SMILES string of the molecule is CCn1c(SCC(=O)Nc2ncc(Cl)cc2Cl)nc2sc3c(c2c1=O)CCCC3. The van der Waals surface area contributed by atoms with Gasteiger partial charge in [0.2, 0.25) is 5.91 Å². The number of aromatic nitrogens is 3. The Bertz CT molecular complexity index is 1160. The van der Waals surface area contributed by atoms with Gasteiger partial charge in [0.15, 0.2) is 11.0 Å². The van der Waals surface area contributed by atoms with Gasteiger partial charge in [0.05, 0.1) is 21.2 Å². The highest BCUT2D eigenvalue weighted by molar-refractivity contribution is 7.99. The van der Waals surface area contributed by atoms with Crippen LogP contribution >= 0.6 is 46.3 Å². The molecule has 0 spiro atoms. The Labute approximate surface area is 185 Å². The third kappa shape index (κ3) is 4.17. The molecule has 0 fully saturated rings. The van der Waals surface area contributed by atoms with Crippen LogP contribution in [-0.4, -0.2) is 26.2 Å². The van der Waals surface area contributed by atoms with Gasteiger partial charge in [0, 0.05) is 17.6 Å². The lowest BCUT2D eigenvalue weighted by Crippen LogP contribution is -2.24. The second kappa shape index (κ2) is 8.63. The monoisotopic (exact) mass is 468 g/mol. The minimum atomic E-state index is -0.283. The molecule has 0 saturated heterocycles. The van der Waals surface area contributed by atoms with Crippen molar-refractivity contribution in [2.24, 2.45) is 0 Å². The Kier molecular flexibility index (Phi) is 6.15. The number of thioether (sulfide) groups is 1. The largest absolute Gasteiger partial charge is 0.309 e. The summed E-state index contributed by atoms with van der Waals surface area (Å²) in [5, 5.41) is 4.64. The van der Waals surface area contributed by atoms with Crippen LogP contribution < -0.4 is 10.9 Å². The fraction of sp³-hybridized carbons (Fsp3) is 0.368. The highest BCUT2D eigenvalue weighted by atomic mass is 35.5. The number of carbonyl (C=O) groups is 1. The predicted molar refractivity (Wildman–Crippen MR) is 120 cm³/mol. The third-order valence-corrected chi connectivity index (χ3v) is 7.41. The van der Waals surface area contributed by atoms with E-state index in [-0.39, 0.29) is 28.1 Å². The van der Waals surface area contributed by atoms with Gasteiger partial charge in [0.1, 0.15) is 4.83 Å². The van der Waals surface area contributed by atoms with Crippen molar-refractivity contribution in [2.45, 2.75) is 44.3 Å². The highest BCUT2D eigenvalue weighted by Gasteiger charge is 2.22. The predicted octanol–water partition coefficient (Wildman–Crippen LogP) is 4.79. The number of carbonyl (C=O) groups excluding carboxylic acids is 1. The number of aryl methyl sites for hydroxylation is 2. The molecule has 4 rings (SSSR count). The van der Waals surface area contributed by atoms with E-state index in [0.717, 1.165) is 35.9 Å². The molecule has 1 aliphatic rings. The lowest BCUT2D eigenvalue weighted by atomic mass is 9.97. The van der Waals surface area contributed by atoms with Crippen molar-refractivity contribution >= 4 is 68.2 Å². The number of nitrogens with one attached hydrogen (secondary N) is 1. The number of nitrogens with zero attached hydrogens (tertiary/aromatic N) is 3. The molecule has 0 bridgehead atoms. The lowest BCUT2D eigenvalue weighted by molar-refractivity contribution is -0.113. The molecule has 0 atom stereocenters. The first-order valence-electron chi connectivity index (χ1n) is 9.26. The number of thiophene rings is 1. The average molecular weight is 469 g/mol. The van der Waals surface area contributed by atoms with E-state index in [1.807, 2.05) is 6.92 Å². The van der Waals surface area contributed by atoms with Gasteiger partial charge < -0.3 is 5.32 Å². The standard InChI is InChI=1S/C19H18Cl2N4O2S2/c1-2-25-18(27)15-11-5-3-4-6-13(11)29-17(15)24-19(25)28-9-14(26)23-16-12(21)7-10(20)8-22-16/h7-8H,2-6,9H2,1H3,(H,22,23,26). The van der Waals surface area contributed by atoms with E-state index in [4.69, 9.17) is 28.2 Å². The third-order valence-electron chi connectivity index (χ3n) is 4.75. The van der Waals surface area contributed by atoms with Gasteiger partial charge in [-0.05, 0) is 44.2 Å². The summed E-state index contributed by atoms with van der Waals surface area (Å²) in [7, 11) is 0. The second-order valence-corrected chi connectivity index (χ2v) is 9.53. The first-order valence-corrected chi connectivity index (χ1v) is 11.8. The lowest BCUT2D eigenvalue weighted by Gasteiger charge is -2.12. The molecule has 1 amide bonds. The van der Waals surface area contributed by atoms with Crippen molar-refractivity contribution in [1.82, 2.24) is 14.5 Å². The van der Waals surface area contributed by atoms with Crippen LogP contribution in [0.4, 0.5) is 5.82 Å². The number of halogens is 2. The van der Waals surface area contributed by atoms with Crippen molar-refractivity contribution in [2.75, 3.05) is 11.1 Å². The molecule has 29 heavy (non-hydrogen) atoms. The Morgan fingerprint density at radius 1 is 1.34 bits per heavy atom. The maximum absolute atomic E-state index is 13.1. The minimum Gasteiger partial charge on any atom is -0.309 e. The molecule has 6 nitrogen and oxygen atoms in total. The van der Waals surface area contributed by atoms with E-state index in [0.29, 0.717) is 16.7 Å². The summed E-state index contributed by atoms with van der Waals surface area (Å²) in [6.07, 6.45) is 5.65. The average Bonchev–Trinajstić information content (AvgIpc) is 3.07. The summed E-state index contributed by atoms with van der Waals surface area (Å²) in [5.41, 5.74) is 1.16. The zero-order chi connectivity index (χ0) is 20.5. The maximum atomic E-state index is 13.1. The first kappa shape index (κ1) is 20.7. The van der Waals surface area contributed by atoms with Crippen LogP contribution in [0.15, 0.2) is 22.2 Å². The van der Waals surface area contributed by atoms with Gasteiger partial charge in [-0.1, -0.05) is 35.0 Å². The summed E-state index contributed by atoms with van der Waals surface area (Å²) in [5.74, 6) is 0.0574. The molecular formula is C19H18Cl2N4O2S2. The van der Waals surface area contributed by atoms with E-state index in [1.165, 1.54) is 34.5 Å². The van der Waals surface area contributed by atoms with Gasteiger partial charge in [0.25, 0.3) is 5.56 Å². The first-order chi connectivity index (χ1) is 14.0. The van der Waals surface area contributed by atoms with Crippen LogP contribution in [0.3, 0.4) is 0 Å². The van der Waals surface area contributed by atoms with Crippen LogP contribution in [0.1, 0.15) is 30.2 Å². The van der Waals surface area contributed by atoms with Crippen LogP contribution in [-0.2, 0) is 24.2 Å². The molecule has 3 aromatic rings.